The third-order valence-electron chi connectivity index (χ3n) is 3.36. The quantitative estimate of drug-likeness (QED) is 0.559. The van der Waals surface area contributed by atoms with Gasteiger partial charge in [-0.05, 0) is 42.5 Å². The van der Waals surface area contributed by atoms with Crippen LogP contribution in [0.5, 0.6) is 0 Å². The maximum Gasteiger partial charge on any atom is 0.288 e. The van der Waals surface area contributed by atoms with Gasteiger partial charge in [-0.1, -0.05) is 18.2 Å². The lowest BCUT2D eigenvalue weighted by atomic mass is 10.1. The number of furan rings is 1. The molecule has 0 bridgehead atoms. The molecule has 3 aromatic rings. The van der Waals surface area contributed by atoms with Crippen molar-refractivity contribution in [2.75, 3.05) is 0 Å². The topological polar surface area (TPSA) is 84.2 Å². The Morgan fingerprint density at radius 3 is 2.58 bits per heavy atom. The monoisotopic (exact) mass is 351 g/mol. The lowest BCUT2D eigenvalue weighted by molar-refractivity contribution is -0.117. The van der Waals surface area contributed by atoms with Crippen LogP contribution in [0, 0.1) is 5.82 Å². The summed E-state index contributed by atoms with van der Waals surface area (Å²) in [5.74, 6) is -0.765. The SMILES string of the molecule is O=C(/C=C/c1ccc(-c2ccccc2F)o1)NNC(=O)c1ccccn1. The van der Waals surface area contributed by atoms with Gasteiger partial charge in [-0.2, -0.15) is 0 Å². The number of carbonyl (C=O) groups excluding carboxylic acids is 2. The second-order valence-corrected chi connectivity index (χ2v) is 5.17. The van der Waals surface area contributed by atoms with E-state index in [1.807, 2.05) is 0 Å². The van der Waals surface area contributed by atoms with Crippen molar-refractivity contribution in [1.29, 1.82) is 0 Å². The number of rotatable bonds is 4. The molecule has 0 aliphatic rings. The number of nitrogens with one attached hydrogen (secondary N) is 2. The van der Waals surface area contributed by atoms with Crippen LogP contribution in [-0.4, -0.2) is 16.8 Å². The van der Waals surface area contributed by atoms with Gasteiger partial charge in [-0.3, -0.25) is 25.4 Å². The van der Waals surface area contributed by atoms with E-state index >= 15 is 0 Å². The first kappa shape index (κ1) is 17.1. The van der Waals surface area contributed by atoms with E-state index in [0.29, 0.717) is 17.1 Å². The Labute approximate surface area is 148 Å². The Morgan fingerprint density at radius 2 is 1.81 bits per heavy atom. The number of nitrogens with zero attached hydrogens (tertiary/aromatic N) is 1. The highest BCUT2D eigenvalue weighted by molar-refractivity contribution is 5.96. The average Bonchev–Trinajstić information content (AvgIpc) is 3.14. The predicted octanol–water partition coefficient (Wildman–Crippen LogP) is 2.96. The smallest absolute Gasteiger partial charge is 0.288 e. The zero-order valence-corrected chi connectivity index (χ0v) is 13.5. The first-order chi connectivity index (χ1) is 12.6. The van der Waals surface area contributed by atoms with Crippen LogP contribution in [0.15, 0.2) is 71.3 Å². The maximum atomic E-state index is 13.7. The Hall–Kier alpha value is -3.74. The van der Waals surface area contributed by atoms with Gasteiger partial charge in [-0.25, -0.2) is 4.39 Å². The minimum atomic E-state index is -0.557. The van der Waals surface area contributed by atoms with Crippen molar-refractivity contribution in [3.05, 3.63) is 84.1 Å². The average molecular weight is 351 g/mol. The number of hydrogen-bond donors (Lipinski definition) is 2. The van der Waals surface area contributed by atoms with Crippen LogP contribution in [0.25, 0.3) is 17.4 Å². The first-order valence-electron chi connectivity index (χ1n) is 7.67. The summed E-state index contributed by atoms with van der Waals surface area (Å²) in [5, 5.41) is 0. The van der Waals surface area contributed by atoms with Crippen LogP contribution in [0.2, 0.25) is 0 Å². The molecule has 0 aliphatic heterocycles. The van der Waals surface area contributed by atoms with Crippen molar-refractivity contribution in [3.63, 3.8) is 0 Å². The molecule has 0 aliphatic carbocycles. The van der Waals surface area contributed by atoms with Crippen molar-refractivity contribution < 1.29 is 18.4 Å². The van der Waals surface area contributed by atoms with Gasteiger partial charge in [0, 0.05) is 12.3 Å². The van der Waals surface area contributed by atoms with Gasteiger partial charge in [0.05, 0.1) is 5.56 Å². The van der Waals surface area contributed by atoms with Crippen LogP contribution in [0.4, 0.5) is 4.39 Å². The molecule has 0 saturated heterocycles. The van der Waals surface area contributed by atoms with Gasteiger partial charge in [-0.15, -0.1) is 0 Å². The summed E-state index contributed by atoms with van der Waals surface area (Å²) in [5.41, 5.74) is 4.98. The zero-order chi connectivity index (χ0) is 18.4. The highest BCUT2D eigenvalue weighted by atomic mass is 19.1. The fourth-order valence-corrected chi connectivity index (χ4v) is 2.13. The molecule has 2 amide bonds. The van der Waals surface area contributed by atoms with E-state index in [2.05, 4.69) is 15.8 Å². The van der Waals surface area contributed by atoms with Crippen molar-refractivity contribution >= 4 is 17.9 Å². The van der Waals surface area contributed by atoms with E-state index < -0.39 is 17.6 Å². The predicted molar refractivity (Wildman–Crippen MR) is 93.0 cm³/mol. The van der Waals surface area contributed by atoms with Crippen molar-refractivity contribution in [2.24, 2.45) is 0 Å². The van der Waals surface area contributed by atoms with E-state index in [1.165, 1.54) is 30.5 Å². The summed E-state index contributed by atoms with van der Waals surface area (Å²) < 4.78 is 19.2. The molecule has 0 atom stereocenters. The van der Waals surface area contributed by atoms with Gasteiger partial charge in [0.1, 0.15) is 23.0 Å². The molecule has 26 heavy (non-hydrogen) atoms. The molecule has 0 spiro atoms. The fraction of sp³-hybridized carbons (Fsp3) is 0. The van der Waals surface area contributed by atoms with Gasteiger partial charge in [0.15, 0.2) is 0 Å². The Kier molecular flexibility index (Phi) is 5.19. The summed E-state index contributed by atoms with van der Waals surface area (Å²) in [6, 6.07) is 14.3. The third-order valence-corrected chi connectivity index (χ3v) is 3.36. The third kappa shape index (κ3) is 4.21. The highest BCUT2D eigenvalue weighted by Gasteiger charge is 2.09. The summed E-state index contributed by atoms with van der Waals surface area (Å²) >= 11 is 0. The standard InChI is InChI=1S/C19H14FN3O3/c20-15-6-2-1-5-14(15)17-10-8-13(26-17)9-11-18(24)22-23-19(25)16-7-3-4-12-21-16/h1-12H,(H,22,24)(H,23,25)/b11-9+. The number of benzene rings is 1. The Balaban J connectivity index is 1.57. The van der Waals surface area contributed by atoms with E-state index in [1.54, 1.807) is 42.5 Å². The van der Waals surface area contributed by atoms with E-state index in [9.17, 15) is 14.0 Å². The molecule has 6 nitrogen and oxygen atoms in total. The molecule has 3 rings (SSSR count). The van der Waals surface area contributed by atoms with Crippen molar-refractivity contribution in [1.82, 2.24) is 15.8 Å². The van der Waals surface area contributed by atoms with Gasteiger partial charge < -0.3 is 4.42 Å². The van der Waals surface area contributed by atoms with Gasteiger partial charge in [0.25, 0.3) is 11.8 Å². The number of aromatic nitrogens is 1. The molecule has 2 heterocycles. The van der Waals surface area contributed by atoms with Crippen LogP contribution >= 0.6 is 0 Å². The maximum absolute atomic E-state index is 13.7. The molecule has 0 saturated carbocycles. The minimum absolute atomic E-state index is 0.178. The molecule has 1 aromatic carbocycles. The lowest BCUT2D eigenvalue weighted by Crippen LogP contribution is -2.41. The lowest BCUT2D eigenvalue weighted by Gasteiger charge is -2.03. The number of carbonyl (C=O) groups is 2. The summed E-state index contributed by atoms with van der Waals surface area (Å²) in [4.78, 5) is 27.4. The first-order valence-corrected chi connectivity index (χ1v) is 7.67. The minimum Gasteiger partial charge on any atom is -0.457 e. The molecule has 7 heteroatoms. The summed E-state index contributed by atoms with van der Waals surface area (Å²) in [7, 11) is 0. The van der Waals surface area contributed by atoms with Crippen molar-refractivity contribution in [2.45, 2.75) is 0 Å². The molecule has 2 aromatic heterocycles. The number of hydrazine groups is 1. The fourth-order valence-electron chi connectivity index (χ4n) is 2.13. The molecule has 130 valence electrons. The normalized spacial score (nSPS) is 10.7. The van der Waals surface area contributed by atoms with E-state index in [0.717, 1.165) is 0 Å². The summed E-state index contributed by atoms with van der Waals surface area (Å²) in [6.07, 6.45) is 4.07. The molecular formula is C19H14FN3O3. The second kappa shape index (κ2) is 7.89. The van der Waals surface area contributed by atoms with Gasteiger partial charge in [0.2, 0.25) is 0 Å². The van der Waals surface area contributed by atoms with E-state index in [-0.39, 0.29) is 5.69 Å². The number of amides is 2. The molecular weight excluding hydrogens is 337 g/mol. The molecule has 0 unspecified atom stereocenters. The number of hydrogen-bond acceptors (Lipinski definition) is 4. The van der Waals surface area contributed by atoms with Crippen LogP contribution in [0.3, 0.4) is 0 Å². The summed E-state index contributed by atoms with van der Waals surface area (Å²) in [6.45, 7) is 0. The molecule has 0 fully saturated rings. The second-order valence-electron chi connectivity index (χ2n) is 5.17. The molecule has 2 N–H and O–H groups in total. The number of pyridine rings is 1. The Bertz CT molecular complexity index is 951. The van der Waals surface area contributed by atoms with Crippen LogP contribution in [0.1, 0.15) is 16.2 Å². The van der Waals surface area contributed by atoms with Crippen LogP contribution < -0.4 is 10.9 Å². The van der Waals surface area contributed by atoms with Gasteiger partial charge >= 0.3 is 0 Å². The van der Waals surface area contributed by atoms with Crippen molar-refractivity contribution in [3.8, 4) is 11.3 Å². The highest BCUT2D eigenvalue weighted by Crippen LogP contribution is 2.25. The zero-order valence-electron chi connectivity index (χ0n) is 13.5. The van der Waals surface area contributed by atoms with Crippen LogP contribution in [-0.2, 0) is 4.79 Å². The largest absolute Gasteiger partial charge is 0.457 e. The van der Waals surface area contributed by atoms with E-state index in [4.69, 9.17) is 4.42 Å². The Morgan fingerprint density at radius 1 is 1.00 bits per heavy atom. The number of halogens is 1. The molecule has 0 radical (unpaired) electrons.